The zero-order chi connectivity index (χ0) is 15.8. The summed E-state index contributed by atoms with van der Waals surface area (Å²) in [6.07, 6.45) is 3.68. The molecule has 0 bridgehead atoms. The Kier molecular flexibility index (Phi) is 3.48. The van der Waals surface area contributed by atoms with Gasteiger partial charge in [0.15, 0.2) is 0 Å². The highest BCUT2D eigenvalue weighted by molar-refractivity contribution is 8.26. The van der Waals surface area contributed by atoms with Crippen LogP contribution in [0.2, 0.25) is 0 Å². The predicted octanol–water partition coefficient (Wildman–Crippen LogP) is 3.72. The molecule has 1 aliphatic rings. The molecular weight excluding hydrogens is 326 g/mol. The zero-order valence-electron chi connectivity index (χ0n) is 11.9. The van der Waals surface area contributed by atoms with Crippen LogP contribution < -0.4 is 5.32 Å². The maximum absolute atomic E-state index is 11.7. The number of thioether (sulfide) groups is 1. The van der Waals surface area contributed by atoms with Gasteiger partial charge in [-0.2, -0.15) is 0 Å². The first kappa shape index (κ1) is 14.2. The second-order valence-electron chi connectivity index (χ2n) is 5.08. The molecule has 1 aliphatic heterocycles. The molecule has 3 aromatic rings. The van der Waals surface area contributed by atoms with Crippen LogP contribution in [0.3, 0.4) is 0 Å². The number of carbonyl (C=O) groups is 1. The van der Waals surface area contributed by atoms with Gasteiger partial charge in [0.2, 0.25) is 0 Å². The quantitative estimate of drug-likeness (QED) is 0.553. The van der Waals surface area contributed by atoms with Crippen LogP contribution in [0.1, 0.15) is 5.69 Å². The van der Waals surface area contributed by atoms with E-state index in [0.717, 1.165) is 27.9 Å². The van der Waals surface area contributed by atoms with E-state index < -0.39 is 0 Å². The Bertz CT molecular complexity index is 975. The molecule has 1 saturated heterocycles. The number of hydrogen-bond donors (Lipinski definition) is 2. The fourth-order valence-electron chi connectivity index (χ4n) is 2.46. The lowest BCUT2D eigenvalue weighted by molar-refractivity contribution is -0.115. The van der Waals surface area contributed by atoms with Gasteiger partial charge in [-0.25, -0.2) is 4.98 Å². The van der Waals surface area contributed by atoms with Crippen molar-refractivity contribution in [1.82, 2.24) is 15.3 Å². The Morgan fingerprint density at radius 3 is 2.91 bits per heavy atom. The van der Waals surface area contributed by atoms with E-state index in [1.54, 1.807) is 6.08 Å². The number of fused-ring (bicyclic) bond motifs is 1. The van der Waals surface area contributed by atoms with Crippen LogP contribution in [0.25, 0.3) is 28.2 Å². The molecular formula is C17H11N3OS2. The van der Waals surface area contributed by atoms with Gasteiger partial charge in [0.1, 0.15) is 4.32 Å². The molecule has 0 unspecified atom stereocenters. The minimum absolute atomic E-state index is 0.166. The van der Waals surface area contributed by atoms with E-state index in [1.807, 2.05) is 42.6 Å². The molecule has 1 amide bonds. The number of rotatable bonds is 2. The van der Waals surface area contributed by atoms with Crippen LogP contribution >= 0.6 is 24.0 Å². The second-order valence-corrected chi connectivity index (χ2v) is 6.80. The van der Waals surface area contributed by atoms with Crippen molar-refractivity contribution in [2.45, 2.75) is 0 Å². The monoisotopic (exact) mass is 337 g/mol. The summed E-state index contributed by atoms with van der Waals surface area (Å²) in [4.78, 5) is 20.1. The molecule has 2 N–H and O–H groups in total. The summed E-state index contributed by atoms with van der Waals surface area (Å²) in [5.41, 5.74) is 3.74. The van der Waals surface area contributed by atoms with Gasteiger partial charge in [-0.1, -0.05) is 36.1 Å². The molecule has 0 radical (unpaired) electrons. The van der Waals surface area contributed by atoms with Crippen molar-refractivity contribution in [2.75, 3.05) is 0 Å². The van der Waals surface area contributed by atoms with E-state index in [2.05, 4.69) is 21.4 Å². The van der Waals surface area contributed by atoms with E-state index in [-0.39, 0.29) is 5.91 Å². The molecule has 0 aliphatic carbocycles. The number of aromatic amines is 1. The van der Waals surface area contributed by atoms with Gasteiger partial charge in [0.05, 0.1) is 16.3 Å². The first-order valence-corrected chi connectivity index (χ1v) is 8.21. The summed E-state index contributed by atoms with van der Waals surface area (Å²) >= 11 is 6.26. The van der Waals surface area contributed by atoms with Crippen LogP contribution in [-0.4, -0.2) is 20.2 Å². The highest BCUT2D eigenvalue weighted by atomic mass is 32.2. The molecule has 0 saturated carbocycles. The molecule has 1 aromatic carbocycles. The van der Waals surface area contributed by atoms with Crippen molar-refractivity contribution in [3.63, 3.8) is 0 Å². The largest absolute Gasteiger partial charge is 0.361 e. The Hall–Kier alpha value is -2.44. The van der Waals surface area contributed by atoms with Gasteiger partial charge >= 0.3 is 0 Å². The van der Waals surface area contributed by atoms with Crippen LogP contribution in [-0.2, 0) is 4.79 Å². The summed E-state index contributed by atoms with van der Waals surface area (Å²) in [5.74, 6) is -0.166. The average Bonchev–Trinajstić information content (AvgIpc) is 3.13. The number of thiocarbonyl (C=S) groups is 1. The maximum Gasteiger partial charge on any atom is 0.263 e. The van der Waals surface area contributed by atoms with Crippen molar-refractivity contribution in [1.29, 1.82) is 0 Å². The summed E-state index contributed by atoms with van der Waals surface area (Å²) in [7, 11) is 0. The first-order chi connectivity index (χ1) is 11.2. The lowest BCUT2D eigenvalue weighted by Gasteiger charge is -2.03. The fraction of sp³-hybridized carbons (Fsp3) is 0. The predicted molar refractivity (Wildman–Crippen MR) is 97.8 cm³/mol. The number of nitrogens with zero attached hydrogens (tertiary/aromatic N) is 1. The Morgan fingerprint density at radius 2 is 2.09 bits per heavy atom. The van der Waals surface area contributed by atoms with Gasteiger partial charge in [-0.3, -0.25) is 4.79 Å². The van der Waals surface area contributed by atoms with Crippen molar-refractivity contribution in [3.8, 4) is 11.3 Å². The zero-order valence-corrected chi connectivity index (χ0v) is 13.5. The van der Waals surface area contributed by atoms with Crippen molar-refractivity contribution >= 4 is 51.2 Å². The summed E-state index contributed by atoms with van der Waals surface area (Å²) in [5, 5.41) is 3.75. The summed E-state index contributed by atoms with van der Waals surface area (Å²) in [6.45, 7) is 0. The van der Waals surface area contributed by atoms with Gasteiger partial charge in [-0.05, 0) is 36.4 Å². The maximum atomic E-state index is 11.7. The minimum Gasteiger partial charge on any atom is -0.361 e. The number of carbonyl (C=O) groups excluding carboxylic acids is 1. The van der Waals surface area contributed by atoms with E-state index in [9.17, 15) is 4.79 Å². The van der Waals surface area contributed by atoms with Crippen molar-refractivity contribution < 1.29 is 4.79 Å². The average molecular weight is 337 g/mol. The smallest absolute Gasteiger partial charge is 0.263 e. The summed E-state index contributed by atoms with van der Waals surface area (Å²) < 4.78 is 0.482. The Balaban J connectivity index is 1.72. The van der Waals surface area contributed by atoms with Crippen LogP contribution in [0.4, 0.5) is 0 Å². The van der Waals surface area contributed by atoms with E-state index in [4.69, 9.17) is 12.2 Å². The highest BCUT2D eigenvalue weighted by Crippen LogP contribution is 2.27. The molecule has 2 aromatic heterocycles. The third kappa shape index (κ3) is 2.78. The van der Waals surface area contributed by atoms with Gasteiger partial charge in [-0.15, -0.1) is 0 Å². The third-order valence-corrected chi connectivity index (χ3v) is 4.70. The Morgan fingerprint density at radius 1 is 1.17 bits per heavy atom. The number of hydrogen-bond acceptors (Lipinski definition) is 4. The normalized spacial score (nSPS) is 16.3. The van der Waals surface area contributed by atoms with Crippen LogP contribution in [0.15, 0.2) is 53.6 Å². The third-order valence-electron chi connectivity index (χ3n) is 3.54. The Labute approximate surface area is 142 Å². The van der Waals surface area contributed by atoms with E-state index in [1.165, 1.54) is 11.8 Å². The molecule has 1 fully saturated rings. The number of benzene rings is 1. The molecule has 23 heavy (non-hydrogen) atoms. The number of pyridine rings is 1. The number of nitrogens with one attached hydrogen (secondary N) is 2. The lowest BCUT2D eigenvalue weighted by atomic mass is 10.1. The fourth-order valence-corrected chi connectivity index (χ4v) is 3.49. The van der Waals surface area contributed by atoms with Gasteiger partial charge in [0.25, 0.3) is 5.91 Å². The molecule has 4 rings (SSSR count). The van der Waals surface area contributed by atoms with Gasteiger partial charge < -0.3 is 10.3 Å². The van der Waals surface area contributed by atoms with Crippen molar-refractivity contribution in [2.24, 2.45) is 0 Å². The second kappa shape index (κ2) is 5.64. The van der Waals surface area contributed by atoms with Gasteiger partial charge in [0, 0.05) is 22.7 Å². The molecule has 4 nitrogen and oxygen atoms in total. The highest BCUT2D eigenvalue weighted by Gasteiger charge is 2.22. The first-order valence-electron chi connectivity index (χ1n) is 6.98. The molecule has 6 heteroatoms. The number of H-pyrrole nitrogens is 1. The number of aromatic nitrogens is 2. The molecule has 0 spiro atoms. The van der Waals surface area contributed by atoms with Crippen LogP contribution in [0, 0.1) is 0 Å². The SMILES string of the molecule is O=C1NC(=S)SC1=Cc1cccc(-c2ccc3[nH]ccc3c2)n1. The standard InChI is InChI=1S/C17H11N3OS2/c21-16-15(23-17(22)20-16)9-12-2-1-3-14(19-12)10-4-5-13-11(8-10)6-7-18-13/h1-9,18H,(H,20,21,22). The van der Waals surface area contributed by atoms with E-state index >= 15 is 0 Å². The molecule has 0 atom stereocenters. The minimum atomic E-state index is -0.166. The summed E-state index contributed by atoms with van der Waals surface area (Å²) in [6, 6.07) is 14.0. The van der Waals surface area contributed by atoms with E-state index in [0.29, 0.717) is 9.23 Å². The van der Waals surface area contributed by atoms with Crippen molar-refractivity contribution in [3.05, 3.63) is 59.3 Å². The lowest BCUT2D eigenvalue weighted by Crippen LogP contribution is -2.17. The molecule has 3 heterocycles. The number of amides is 1. The topological polar surface area (TPSA) is 57.8 Å². The molecule has 112 valence electrons. The van der Waals surface area contributed by atoms with Crippen LogP contribution in [0.5, 0.6) is 0 Å².